The van der Waals surface area contributed by atoms with Crippen LogP contribution in [0.25, 0.3) is 104 Å². The molecule has 0 aliphatic carbocycles. The van der Waals surface area contributed by atoms with Crippen molar-refractivity contribution in [2.24, 2.45) is 0 Å². The molecule has 0 saturated heterocycles. The van der Waals surface area contributed by atoms with Crippen molar-refractivity contribution in [3.63, 3.8) is 0 Å². The summed E-state index contributed by atoms with van der Waals surface area (Å²) in [6.07, 6.45) is 0. The van der Waals surface area contributed by atoms with E-state index in [1.54, 1.807) is 0 Å². The molecular formula is C60H36N2O2. The second-order valence-electron chi connectivity index (χ2n) is 16.9. The molecule has 3 heterocycles. The van der Waals surface area contributed by atoms with Gasteiger partial charge in [-0.2, -0.15) is 0 Å². The van der Waals surface area contributed by atoms with Crippen LogP contribution in [-0.2, 0) is 0 Å². The number of nitrogens with zero attached hydrogens (tertiary/aromatic N) is 2. The van der Waals surface area contributed by atoms with Crippen LogP contribution in [0.15, 0.2) is 223 Å². The molecule has 2 aromatic heterocycles. The van der Waals surface area contributed by atoms with Crippen molar-refractivity contribution in [1.29, 1.82) is 0 Å². The van der Waals surface area contributed by atoms with Gasteiger partial charge in [0, 0.05) is 32.9 Å². The lowest BCUT2D eigenvalue weighted by Crippen LogP contribution is -2.15. The van der Waals surface area contributed by atoms with Crippen LogP contribution in [0.2, 0.25) is 0 Å². The summed E-state index contributed by atoms with van der Waals surface area (Å²) in [4.78, 5) is 2.31. The molecule has 0 amide bonds. The highest BCUT2D eigenvalue weighted by Gasteiger charge is 2.26. The molecule has 4 heteroatoms. The highest BCUT2D eigenvalue weighted by Crippen LogP contribution is 2.52. The number of benzene rings is 11. The van der Waals surface area contributed by atoms with E-state index in [4.69, 9.17) is 9.15 Å². The summed E-state index contributed by atoms with van der Waals surface area (Å²) in [6.45, 7) is 0. The van der Waals surface area contributed by atoms with Crippen molar-refractivity contribution >= 4 is 93.1 Å². The van der Waals surface area contributed by atoms with Crippen molar-refractivity contribution in [3.8, 4) is 39.4 Å². The number of hydrogen-bond acceptors (Lipinski definition) is 3. The van der Waals surface area contributed by atoms with E-state index in [-0.39, 0.29) is 0 Å². The van der Waals surface area contributed by atoms with Gasteiger partial charge in [-0.1, -0.05) is 121 Å². The standard InChI is InChI=1S/C60H36N2O2/c1-2-12-47-37(10-1)11-9-15-48(47)38-20-25-45(26-21-38)61-55-17-6-8-19-58(55)64-60-35-41(24-29-56(60)61)40-23-28-54-51(33-40)49-13-3-5-16-53(49)62(54)46-27-22-39-30-43-34-52-50-14-4-7-18-57(50)63-59(52)36-44(43)31-42(39)32-46/h1-36H. The first-order chi connectivity index (χ1) is 31.7. The van der Waals surface area contributed by atoms with Crippen LogP contribution in [0.4, 0.5) is 17.1 Å². The lowest BCUT2D eigenvalue weighted by atomic mass is 9.98. The molecule has 1 aliphatic heterocycles. The molecule has 0 saturated carbocycles. The van der Waals surface area contributed by atoms with E-state index >= 15 is 0 Å². The van der Waals surface area contributed by atoms with E-state index in [0.717, 1.165) is 72.8 Å². The molecule has 0 unspecified atom stereocenters. The Hall–Kier alpha value is -8.60. The smallest absolute Gasteiger partial charge is 0.152 e. The first-order valence-electron chi connectivity index (χ1n) is 21.8. The van der Waals surface area contributed by atoms with Gasteiger partial charge in [0.15, 0.2) is 11.5 Å². The molecule has 14 rings (SSSR count). The largest absolute Gasteiger partial charge is 0.456 e. The van der Waals surface area contributed by atoms with Crippen molar-refractivity contribution in [2.45, 2.75) is 0 Å². The summed E-state index contributed by atoms with van der Waals surface area (Å²) in [7, 11) is 0. The van der Waals surface area contributed by atoms with Gasteiger partial charge in [-0.05, 0) is 152 Å². The molecule has 0 fully saturated rings. The van der Waals surface area contributed by atoms with Gasteiger partial charge in [-0.3, -0.25) is 0 Å². The summed E-state index contributed by atoms with van der Waals surface area (Å²) in [6, 6.07) is 78.6. The Labute approximate surface area is 368 Å². The van der Waals surface area contributed by atoms with E-state index in [1.165, 1.54) is 59.7 Å². The number of anilines is 3. The third kappa shape index (κ3) is 5.30. The van der Waals surface area contributed by atoms with Crippen molar-refractivity contribution < 1.29 is 9.15 Å². The summed E-state index contributed by atoms with van der Waals surface area (Å²) < 4.78 is 15.4. The Morgan fingerprint density at radius 1 is 0.312 bits per heavy atom. The predicted octanol–water partition coefficient (Wildman–Crippen LogP) is 17.1. The summed E-state index contributed by atoms with van der Waals surface area (Å²) in [5, 5.41) is 12.0. The Balaban J connectivity index is 0.846. The van der Waals surface area contributed by atoms with Crippen molar-refractivity contribution in [3.05, 3.63) is 218 Å². The number of hydrogen-bond donors (Lipinski definition) is 0. The van der Waals surface area contributed by atoms with Crippen LogP contribution in [-0.4, -0.2) is 4.57 Å². The molecule has 0 bridgehead atoms. The van der Waals surface area contributed by atoms with Gasteiger partial charge in [-0.25, -0.2) is 0 Å². The number of fused-ring (bicyclic) bond motifs is 11. The molecule has 298 valence electrons. The van der Waals surface area contributed by atoms with Crippen LogP contribution in [0.5, 0.6) is 11.5 Å². The molecule has 13 aromatic rings. The van der Waals surface area contributed by atoms with Crippen molar-refractivity contribution in [1.82, 2.24) is 4.57 Å². The molecule has 4 nitrogen and oxygen atoms in total. The fourth-order valence-corrected chi connectivity index (χ4v) is 10.3. The normalized spacial score (nSPS) is 12.5. The van der Waals surface area contributed by atoms with Crippen LogP contribution < -0.4 is 9.64 Å². The molecule has 11 aromatic carbocycles. The van der Waals surface area contributed by atoms with E-state index in [9.17, 15) is 0 Å². The summed E-state index contributed by atoms with van der Waals surface area (Å²) >= 11 is 0. The minimum Gasteiger partial charge on any atom is -0.456 e. The lowest BCUT2D eigenvalue weighted by Gasteiger charge is -2.33. The molecule has 64 heavy (non-hydrogen) atoms. The lowest BCUT2D eigenvalue weighted by molar-refractivity contribution is 0.477. The maximum atomic E-state index is 6.70. The quantitative estimate of drug-likeness (QED) is 0.166. The number of ether oxygens (including phenoxy) is 1. The average molecular weight is 817 g/mol. The maximum Gasteiger partial charge on any atom is 0.152 e. The minimum absolute atomic E-state index is 0.821. The highest BCUT2D eigenvalue weighted by atomic mass is 16.5. The Morgan fingerprint density at radius 3 is 1.92 bits per heavy atom. The second kappa shape index (κ2) is 13.4. The molecule has 0 radical (unpaired) electrons. The minimum atomic E-state index is 0.821. The third-order valence-corrected chi connectivity index (χ3v) is 13.3. The number of para-hydroxylation sites is 4. The number of furan rings is 1. The van der Waals surface area contributed by atoms with E-state index in [1.807, 2.05) is 18.2 Å². The molecule has 0 atom stereocenters. The number of rotatable bonds is 4. The maximum absolute atomic E-state index is 6.70. The third-order valence-electron chi connectivity index (χ3n) is 13.3. The fourth-order valence-electron chi connectivity index (χ4n) is 10.3. The first-order valence-corrected chi connectivity index (χ1v) is 21.8. The van der Waals surface area contributed by atoms with Gasteiger partial charge >= 0.3 is 0 Å². The molecule has 1 aliphatic rings. The zero-order valence-corrected chi connectivity index (χ0v) is 34.5. The van der Waals surface area contributed by atoms with Crippen LogP contribution >= 0.6 is 0 Å². The van der Waals surface area contributed by atoms with Crippen LogP contribution in [0, 0.1) is 0 Å². The predicted molar refractivity (Wildman–Crippen MR) is 266 cm³/mol. The van der Waals surface area contributed by atoms with E-state index in [0.29, 0.717) is 0 Å². The van der Waals surface area contributed by atoms with E-state index < -0.39 is 0 Å². The van der Waals surface area contributed by atoms with Crippen molar-refractivity contribution in [2.75, 3.05) is 4.90 Å². The fraction of sp³-hybridized carbons (Fsp3) is 0. The van der Waals surface area contributed by atoms with Crippen LogP contribution in [0.3, 0.4) is 0 Å². The van der Waals surface area contributed by atoms with Crippen LogP contribution in [0.1, 0.15) is 0 Å². The highest BCUT2D eigenvalue weighted by molar-refractivity contribution is 6.13. The van der Waals surface area contributed by atoms with Gasteiger partial charge < -0.3 is 18.6 Å². The SMILES string of the molecule is c1ccc2c(c1)Oc1cc(-c3ccc4c(c3)c3ccccc3n4-c3ccc4cc5cc6c(cc5cc4c3)oc3ccccc36)ccc1N2c1ccc(-c2cccc3ccccc23)cc1. The molecular weight excluding hydrogens is 781 g/mol. The zero-order chi connectivity index (χ0) is 41.9. The van der Waals surface area contributed by atoms with Gasteiger partial charge in [0.05, 0.1) is 22.4 Å². The van der Waals surface area contributed by atoms with Gasteiger partial charge in [0.2, 0.25) is 0 Å². The Kier molecular flexibility index (Phi) is 7.36. The average Bonchev–Trinajstić information content (AvgIpc) is 3.88. The van der Waals surface area contributed by atoms with E-state index in [2.05, 4.69) is 210 Å². The monoisotopic (exact) mass is 816 g/mol. The second-order valence-corrected chi connectivity index (χ2v) is 16.9. The number of aromatic nitrogens is 1. The van der Waals surface area contributed by atoms with Gasteiger partial charge in [-0.15, -0.1) is 0 Å². The first kappa shape index (κ1) is 35.0. The van der Waals surface area contributed by atoms with Gasteiger partial charge in [0.1, 0.15) is 11.2 Å². The molecule has 0 N–H and O–H groups in total. The Morgan fingerprint density at radius 2 is 0.984 bits per heavy atom. The summed E-state index contributed by atoms with van der Waals surface area (Å²) in [5.74, 6) is 1.65. The zero-order valence-electron chi connectivity index (χ0n) is 34.5. The topological polar surface area (TPSA) is 30.5 Å². The summed E-state index contributed by atoms with van der Waals surface area (Å²) in [5.41, 5.74) is 13.0. The Bertz CT molecular complexity index is 4060. The molecule has 0 spiro atoms. The van der Waals surface area contributed by atoms with Gasteiger partial charge in [0.25, 0.3) is 0 Å².